The Bertz CT molecular complexity index is 303. The largest absolute Gasteiger partial charge is 0.464 e. The van der Waals surface area contributed by atoms with E-state index in [2.05, 4.69) is 10.2 Å². The summed E-state index contributed by atoms with van der Waals surface area (Å²) >= 11 is 0. The maximum atomic E-state index is 11.5. The first-order valence-electron chi connectivity index (χ1n) is 4.33. The molecule has 13 heavy (non-hydrogen) atoms. The smallest absolute Gasteiger partial charge is 0.335 e. The highest BCUT2D eigenvalue weighted by Gasteiger charge is 2.55. The summed E-state index contributed by atoms with van der Waals surface area (Å²) in [5.41, 5.74) is -0.584. The molecule has 0 bridgehead atoms. The van der Waals surface area contributed by atoms with E-state index in [1.54, 1.807) is 19.3 Å². The zero-order chi connectivity index (χ0) is 9.31. The molecule has 5 heteroatoms. The van der Waals surface area contributed by atoms with Crippen molar-refractivity contribution in [2.45, 2.75) is 25.3 Å². The lowest BCUT2D eigenvalue weighted by atomic mass is 10.3. The van der Waals surface area contributed by atoms with Crippen LogP contribution in [0.2, 0.25) is 0 Å². The van der Waals surface area contributed by atoms with Crippen LogP contribution in [0.5, 0.6) is 0 Å². The van der Waals surface area contributed by atoms with E-state index in [0.717, 1.165) is 12.8 Å². The van der Waals surface area contributed by atoms with E-state index in [1.165, 1.54) is 4.80 Å². The Kier molecular flexibility index (Phi) is 1.79. The summed E-state index contributed by atoms with van der Waals surface area (Å²) in [5.74, 6) is -0.216. The summed E-state index contributed by atoms with van der Waals surface area (Å²) < 4.78 is 4.95. The lowest BCUT2D eigenvalue weighted by Crippen LogP contribution is -2.31. The van der Waals surface area contributed by atoms with Gasteiger partial charge in [-0.1, -0.05) is 0 Å². The zero-order valence-corrected chi connectivity index (χ0v) is 7.43. The molecule has 0 atom stereocenters. The number of ether oxygens (including phenoxy) is 1. The van der Waals surface area contributed by atoms with Gasteiger partial charge in [0.2, 0.25) is 0 Å². The van der Waals surface area contributed by atoms with Crippen molar-refractivity contribution in [3.8, 4) is 0 Å². The number of carbonyl (C=O) groups is 1. The van der Waals surface area contributed by atoms with Gasteiger partial charge in [-0.2, -0.15) is 15.0 Å². The van der Waals surface area contributed by atoms with Crippen molar-refractivity contribution in [2.24, 2.45) is 0 Å². The van der Waals surface area contributed by atoms with Gasteiger partial charge in [0.1, 0.15) is 0 Å². The van der Waals surface area contributed by atoms with E-state index >= 15 is 0 Å². The Morgan fingerprint density at radius 3 is 2.62 bits per heavy atom. The normalized spacial score (nSPS) is 18.2. The number of nitrogens with zero attached hydrogens (tertiary/aromatic N) is 3. The molecule has 2 rings (SSSR count). The number of hydrogen-bond acceptors (Lipinski definition) is 4. The zero-order valence-electron chi connectivity index (χ0n) is 7.43. The third-order valence-corrected chi connectivity index (χ3v) is 2.18. The fourth-order valence-corrected chi connectivity index (χ4v) is 1.31. The van der Waals surface area contributed by atoms with Crippen LogP contribution in [-0.4, -0.2) is 27.6 Å². The molecule has 0 saturated heterocycles. The Morgan fingerprint density at radius 2 is 2.15 bits per heavy atom. The fraction of sp³-hybridized carbons (Fsp3) is 0.625. The molecular weight excluding hydrogens is 170 g/mol. The molecule has 1 fully saturated rings. The van der Waals surface area contributed by atoms with E-state index in [1.807, 2.05) is 0 Å². The average Bonchev–Trinajstić information content (AvgIpc) is 2.76. The highest BCUT2D eigenvalue weighted by molar-refractivity contribution is 5.81. The molecule has 0 N–H and O–H groups in total. The summed E-state index contributed by atoms with van der Waals surface area (Å²) in [6.45, 7) is 2.20. The molecule has 5 nitrogen and oxygen atoms in total. The van der Waals surface area contributed by atoms with E-state index in [0.29, 0.717) is 6.61 Å². The molecule has 0 aromatic carbocycles. The van der Waals surface area contributed by atoms with E-state index in [-0.39, 0.29) is 5.97 Å². The first kappa shape index (κ1) is 8.22. The number of aromatic nitrogens is 3. The summed E-state index contributed by atoms with van der Waals surface area (Å²) in [4.78, 5) is 13.0. The minimum atomic E-state index is -0.584. The van der Waals surface area contributed by atoms with Crippen molar-refractivity contribution in [1.29, 1.82) is 0 Å². The molecule has 1 heterocycles. The molecule has 1 aromatic rings. The average molecular weight is 181 g/mol. The molecule has 1 aromatic heterocycles. The third kappa shape index (κ3) is 1.20. The Labute approximate surface area is 75.7 Å². The van der Waals surface area contributed by atoms with Crippen molar-refractivity contribution in [1.82, 2.24) is 15.0 Å². The quantitative estimate of drug-likeness (QED) is 0.630. The van der Waals surface area contributed by atoms with Crippen molar-refractivity contribution >= 4 is 5.97 Å². The fourth-order valence-electron chi connectivity index (χ4n) is 1.31. The molecule has 1 aliphatic rings. The number of carbonyl (C=O) groups excluding carboxylic acids is 1. The predicted octanol–water partition coefficient (Wildman–Crippen LogP) is 0.330. The van der Waals surface area contributed by atoms with Crippen molar-refractivity contribution in [3.05, 3.63) is 12.4 Å². The van der Waals surface area contributed by atoms with Gasteiger partial charge in [-0.15, -0.1) is 0 Å². The van der Waals surface area contributed by atoms with Crippen LogP contribution in [0.3, 0.4) is 0 Å². The van der Waals surface area contributed by atoms with E-state index in [9.17, 15) is 4.79 Å². The lowest BCUT2D eigenvalue weighted by Gasteiger charge is -2.11. The van der Waals surface area contributed by atoms with Crippen LogP contribution >= 0.6 is 0 Å². The highest BCUT2D eigenvalue weighted by Crippen LogP contribution is 2.43. The standard InChI is InChI=1S/C8H11N3O2/c1-2-13-7(12)8(3-4-8)11-9-5-6-10-11/h5-6H,2-4H2,1H3. The molecule has 0 spiro atoms. The first-order valence-corrected chi connectivity index (χ1v) is 4.33. The van der Waals surface area contributed by atoms with Crippen LogP contribution in [0.1, 0.15) is 19.8 Å². The van der Waals surface area contributed by atoms with Gasteiger partial charge in [0.05, 0.1) is 19.0 Å². The van der Waals surface area contributed by atoms with Crippen LogP contribution in [0.25, 0.3) is 0 Å². The molecule has 0 unspecified atom stereocenters. The number of rotatable bonds is 3. The second-order valence-corrected chi connectivity index (χ2v) is 3.07. The predicted molar refractivity (Wildman–Crippen MR) is 43.9 cm³/mol. The summed E-state index contributed by atoms with van der Waals surface area (Å²) in [7, 11) is 0. The Morgan fingerprint density at radius 1 is 1.54 bits per heavy atom. The van der Waals surface area contributed by atoms with Crippen molar-refractivity contribution in [3.63, 3.8) is 0 Å². The molecule has 1 saturated carbocycles. The summed E-state index contributed by atoms with van der Waals surface area (Å²) in [6, 6.07) is 0. The van der Waals surface area contributed by atoms with E-state index < -0.39 is 5.54 Å². The summed E-state index contributed by atoms with van der Waals surface area (Å²) in [6.07, 6.45) is 4.69. The van der Waals surface area contributed by atoms with Crippen LogP contribution in [0.4, 0.5) is 0 Å². The van der Waals surface area contributed by atoms with Gasteiger partial charge in [-0.25, -0.2) is 4.79 Å². The van der Waals surface area contributed by atoms with Crippen molar-refractivity contribution < 1.29 is 9.53 Å². The Hall–Kier alpha value is -1.39. The van der Waals surface area contributed by atoms with Gasteiger partial charge in [0, 0.05) is 0 Å². The second-order valence-electron chi connectivity index (χ2n) is 3.07. The maximum absolute atomic E-state index is 11.5. The summed E-state index contributed by atoms with van der Waals surface area (Å²) in [5, 5.41) is 7.92. The van der Waals surface area contributed by atoms with Gasteiger partial charge < -0.3 is 4.74 Å². The van der Waals surface area contributed by atoms with Crippen LogP contribution in [-0.2, 0) is 15.1 Å². The third-order valence-electron chi connectivity index (χ3n) is 2.18. The molecule has 0 radical (unpaired) electrons. The van der Waals surface area contributed by atoms with Crippen LogP contribution in [0, 0.1) is 0 Å². The number of hydrogen-bond donors (Lipinski definition) is 0. The highest BCUT2D eigenvalue weighted by atomic mass is 16.5. The topological polar surface area (TPSA) is 57.0 Å². The number of esters is 1. The van der Waals surface area contributed by atoms with Gasteiger partial charge in [-0.3, -0.25) is 0 Å². The van der Waals surface area contributed by atoms with Crippen molar-refractivity contribution in [2.75, 3.05) is 6.61 Å². The molecule has 0 aliphatic heterocycles. The van der Waals surface area contributed by atoms with Crippen LogP contribution in [0.15, 0.2) is 12.4 Å². The minimum absolute atomic E-state index is 0.216. The van der Waals surface area contributed by atoms with E-state index in [4.69, 9.17) is 4.74 Å². The SMILES string of the molecule is CCOC(=O)C1(n2nccn2)CC1. The molecule has 70 valence electrons. The Balaban J connectivity index is 2.17. The van der Waals surface area contributed by atoms with Gasteiger partial charge >= 0.3 is 5.97 Å². The molecule has 1 aliphatic carbocycles. The minimum Gasteiger partial charge on any atom is -0.464 e. The van der Waals surface area contributed by atoms with Gasteiger partial charge in [0.15, 0.2) is 5.54 Å². The molecule has 0 amide bonds. The van der Waals surface area contributed by atoms with Gasteiger partial charge in [0.25, 0.3) is 0 Å². The molecular formula is C8H11N3O2. The van der Waals surface area contributed by atoms with Crippen LogP contribution < -0.4 is 0 Å². The lowest BCUT2D eigenvalue weighted by molar-refractivity contribution is -0.149. The first-order chi connectivity index (χ1) is 6.29. The second kappa shape index (κ2) is 2.83. The van der Waals surface area contributed by atoms with Gasteiger partial charge in [-0.05, 0) is 19.8 Å². The maximum Gasteiger partial charge on any atom is 0.335 e. The monoisotopic (exact) mass is 181 g/mol.